The van der Waals surface area contributed by atoms with Crippen molar-refractivity contribution in [3.8, 4) is 0 Å². The van der Waals surface area contributed by atoms with E-state index in [0.29, 0.717) is 18.8 Å². The number of methoxy groups -OCH3 is 1. The first-order valence-corrected chi connectivity index (χ1v) is 7.89. The molecule has 0 aliphatic carbocycles. The first-order chi connectivity index (χ1) is 9.31. The third kappa shape index (κ3) is 4.23. The monoisotopic (exact) mass is 283 g/mol. The van der Waals surface area contributed by atoms with Gasteiger partial charge in [0, 0.05) is 18.0 Å². The van der Waals surface area contributed by atoms with Crippen molar-refractivity contribution in [2.75, 3.05) is 45.0 Å². The molecule has 1 aliphatic heterocycles. The van der Waals surface area contributed by atoms with Gasteiger partial charge in [-0.1, -0.05) is 0 Å². The maximum absolute atomic E-state index is 11.7. The second-order valence-electron chi connectivity index (χ2n) is 4.17. The molecule has 0 atom stereocenters. The third-order valence-electron chi connectivity index (χ3n) is 2.89. The molecule has 0 radical (unpaired) electrons. The van der Waals surface area contributed by atoms with Crippen molar-refractivity contribution in [1.82, 2.24) is 0 Å². The van der Waals surface area contributed by atoms with E-state index >= 15 is 0 Å². The van der Waals surface area contributed by atoms with Crippen LogP contribution in [-0.4, -0.2) is 51.0 Å². The van der Waals surface area contributed by atoms with Crippen LogP contribution >= 0.6 is 0 Å². The molecule has 5 heteroatoms. The molecule has 0 bridgehead atoms. The number of carbonyl (C=O) groups is 1. The van der Waals surface area contributed by atoms with Gasteiger partial charge in [-0.25, -0.2) is 4.79 Å². The maximum atomic E-state index is 11.7. The molecule has 2 rings (SSSR count). The second-order valence-corrected chi connectivity index (χ2v) is 6.44. The van der Waals surface area contributed by atoms with Gasteiger partial charge in [0.05, 0.1) is 25.4 Å². The Labute approximate surface area is 116 Å². The molecule has 104 valence electrons. The molecule has 1 aliphatic rings. The van der Waals surface area contributed by atoms with Crippen molar-refractivity contribution in [3.05, 3.63) is 29.8 Å². The van der Waals surface area contributed by atoms with Gasteiger partial charge in [-0.2, -0.15) is 0 Å². The lowest BCUT2D eigenvalue weighted by molar-refractivity contribution is 0.0388. The van der Waals surface area contributed by atoms with Gasteiger partial charge in [-0.15, -0.1) is 0 Å². The van der Waals surface area contributed by atoms with E-state index < -0.39 is 0 Å². The van der Waals surface area contributed by atoms with Crippen LogP contribution in [-0.2, 0) is 25.1 Å². The predicted molar refractivity (Wildman–Crippen MR) is 74.8 cm³/mol. The summed E-state index contributed by atoms with van der Waals surface area (Å²) in [6.45, 7) is 2.39. The number of carbonyl (C=O) groups excluding carboxylic acids is 1. The summed E-state index contributed by atoms with van der Waals surface area (Å²) >= 11 is 0. The van der Waals surface area contributed by atoms with Gasteiger partial charge >= 0.3 is 5.97 Å². The van der Waals surface area contributed by atoms with Crippen LogP contribution < -0.4 is 0 Å². The lowest BCUT2D eigenvalue weighted by Crippen LogP contribution is -2.26. The van der Waals surface area contributed by atoms with E-state index in [2.05, 4.69) is 0 Å². The van der Waals surface area contributed by atoms with E-state index in [-0.39, 0.29) is 16.9 Å². The number of hydrogen-bond acceptors (Lipinski definition) is 4. The lowest BCUT2D eigenvalue weighted by Gasteiger charge is -2.14. The fraction of sp³-hybridized carbons (Fsp3) is 0.500. The molecular formula is C14H19O4S+. The normalized spacial score (nSPS) is 16.3. The molecule has 1 fully saturated rings. The van der Waals surface area contributed by atoms with Crippen molar-refractivity contribution in [2.24, 2.45) is 0 Å². The van der Waals surface area contributed by atoms with Crippen molar-refractivity contribution in [3.63, 3.8) is 0 Å². The summed E-state index contributed by atoms with van der Waals surface area (Å²) in [5.74, 6) is 1.87. The highest BCUT2D eigenvalue weighted by Crippen LogP contribution is 2.18. The Hall–Kier alpha value is -1.04. The quantitative estimate of drug-likeness (QED) is 0.467. The van der Waals surface area contributed by atoms with Gasteiger partial charge in [0.2, 0.25) is 0 Å². The Morgan fingerprint density at radius 1 is 1.21 bits per heavy atom. The Morgan fingerprint density at radius 2 is 1.89 bits per heavy atom. The van der Waals surface area contributed by atoms with E-state index in [9.17, 15) is 4.79 Å². The lowest BCUT2D eigenvalue weighted by atomic mass is 10.2. The van der Waals surface area contributed by atoms with Crippen LogP contribution in [0.4, 0.5) is 0 Å². The van der Waals surface area contributed by atoms with Gasteiger partial charge < -0.3 is 14.2 Å². The Bertz CT molecular complexity index is 398. The number of esters is 1. The molecule has 0 amide bonds. The van der Waals surface area contributed by atoms with Crippen LogP contribution in [0.3, 0.4) is 0 Å². The Kier molecular flexibility index (Phi) is 5.69. The molecule has 0 N–H and O–H groups in total. The fourth-order valence-corrected chi connectivity index (χ4v) is 3.68. The van der Waals surface area contributed by atoms with Crippen molar-refractivity contribution < 1.29 is 19.0 Å². The molecule has 0 spiro atoms. The topological polar surface area (TPSA) is 44.8 Å². The van der Waals surface area contributed by atoms with Crippen LogP contribution in [0.2, 0.25) is 0 Å². The summed E-state index contributed by atoms with van der Waals surface area (Å²) in [4.78, 5) is 13.0. The smallest absolute Gasteiger partial charge is 0.338 e. The Balaban J connectivity index is 1.91. The fourth-order valence-electron chi connectivity index (χ4n) is 1.84. The van der Waals surface area contributed by atoms with Crippen LogP contribution in [0.15, 0.2) is 29.2 Å². The largest absolute Gasteiger partial charge is 0.460 e. The minimum Gasteiger partial charge on any atom is -0.460 e. The molecule has 4 nitrogen and oxygen atoms in total. The average Bonchev–Trinajstić information content (AvgIpc) is 2.48. The zero-order valence-corrected chi connectivity index (χ0v) is 11.9. The highest BCUT2D eigenvalue weighted by Gasteiger charge is 2.25. The maximum Gasteiger partial charge on any atom is 0.338 e. The number of hydrogen-bond donors (Lipinski definition) is 0. The molecule has 1 aromatic rings. The van der Waals surface area contributed by atoms with E-state index in [1.165, 1.54) is 4.90 Å². The molecule has 0 unspecified atom stereocenters. The summed E-state index contributed by atoms with van der Waals surface area (Å²) in [5, 5.41) is 0. The molecular weight excluding hydrogens is 264 g/mol. The van der Waals surface area contributed by atoms with E-state index in [1.54, 1.807) is 7.11 Å². The standard InChI is InChI=1S/C14H19O4S/c1-16-6-7-18-14(15)12-2-4-13(5-3-12)19-10-8-17-9-11-19/h2-5H,6-11H2,1H3/q+1. The van der Waals surface area contributed by atoms with Crippen LogP contribution in [0, 0.1) is 0 Å². The average molecular weight is 283 g/mol. The first-order valence-electron chi connectivity index (χ1n) is 6.32. The van der Waals surface area contributed by atoms with Gasteiger partial charge in [-0.05, 0) is 24.3 Å². The summed E-state index contributed by atoms with van der Waals surface area (Å²) in [6.07, 6.45) is 0. The number of benzene rings is 1. The zero-order chi connectivity index (χ0) is 13.5. The SMILES string of the molecule is COCCOC(=O)c1ccc([S+]2CCOCC2)cc1. The van der Waals surface area contributed by atoms with Crippen molar-refractivity contribution >= 4 is 16.9 Å². The summed E-state index contributed by atoms with van der Waals surface area (Å²) in [7, 11) is 1.85. The second kappa shape index (κ2) is 7.53. The van der Waals surface area contributed by atoms with Gasteiger partial charge in [-0.3, -0.25) is 0 Å². The van der Waals surface area contributed by atoms with E-state index in [1.807, 2.05) is 24.3 Å². The van der Waals surface area contributed by atoms with Gasteiger partial charge in [0.15, 0.2) is 4.90 Å². The molecule has 1 aromatic carbocycles. The highest BCUT2D eigenvalue weighted by molar-refractivity contribution is 7.97. The van der Waals surface area contributed by atoms with Crippen molar-refractivity contribution in [2.45, 2.75) is 4.90 Å². The predicted octanol–water partition coefficient (Wildman–Crippen LogP) is 1.50. The number of rotatable bonds is 5. The van der Waals surface area contributed by atoms with E-state index in [0.717, 1.165) is 24.7 Å². The summed E-state index contributed by atoms with van der Waals surface area (Å²) < 4.78 is 15.3. The van der Waals surface area contributed by atoms with Crippen molar-refractivity contribution in [1.29, 1.82) is 0 Å². The molecule has 0 saturated carbocycles. The molecule has 1 saturated heterocycles. The molecule has 19 heavy (non-hydrogen) atoms. The molecule has 0 aromatic heterocycles. The Morgan fingerprint density at radius 3 is 2.53 bits per heavy atom. The molecule has 1 heterocycles. The minimum atomic E-state index is -0.293. The summed E-state index contributed by atoms with van der Waals surface area (Å²) in [6, 6.07) is 7.74. The van der Waals surface area contributed by atoms with Crippen LogP contribution in [0.1, 0.15) is 10.4 Å². The van der Waals surface area contributed by atoms with Crippen LogP contribution in [0.5, 0.6) is 0 Å². The number of ether oxygens (including phenoxy) is 3. The third-order valence-corrected chi connectivity index (χ3v) is 5.15. The highest BCUT2D eigenvalue weighted by atomic mass is 32.2. The minimum absolute atomic E-state index is 0.267. The summed E-state index contributed by atoms with van der Waals surface area (Å²) in [5.41, 5.74) is 0.594. The van der Waals surface area contributed by atoms with E-state index in [4.69, 9.17) is 14.2 Å². The first kappa shape index (κ1) is 14.4. The van der Waals surface area contributed by atoms with Gasteiger partial charge in [0.1, 0.15) is 18.1 Å². The van der Waals surface area contributed by atoms with Gasteiger partial charge in [0.25, 0.3) is 0 Å². The zero-order valence-electron chi connectivity index (χ0n) is 11.1. The van der Waals surface area contributed by atoms with Crippen LogP contribution in [0.25, 0.3) is 0 Å².